The topological polar surface area (TPSA) is 83.5 Å². The van der Waals surface area contributed by atoms with Crippen molar-refractivity contribution < 1.29 is 16.8 Å². The van der Waals surface area contributed by atoms with Gasteiger partial charge in [0.2, 0.25) is 10.0 Å². The zero-order valence-electron chi connectivity index (χ0n) is 17.4. The average Bonchev–Trinajstić information content (AvgIpc) is 2.52. The number of nitrogens with zero attached hydrogens (tertiary/aromatic N) is 1. The summed E-state index contributed by atoms with van der Waals surface area (Å²) >= 11 is 0. The van der Waals surface area contributed by atoms with Crippen molar-refractivity contribution in [3.8, 4) is 0 Å². The van der Waals surface area contributed by atoms with E-state index in [2.05, 4.69) is 25.5 Å². The van der Waals surface area contributed by atoms with Gasteiger partial charge >= 0.3 is 0 Å². The molecule has 0 amide bonds. The highest BCUT2D eigenvalue weighted by Gasteiger charge is 2.24. The Morgan fingerprint density at radius 3 is 1.71 bits per heavy atom. The van der Waals surface area contributed by atoms with Crippen molar-refractivity contribution in [1.82, 2.24) is 4.31 Å². The lowest BCUT2D eigenvalue weighted by molar-refractivity contribution is 0.521. The Hall–Kier alpha value is -1.90. The van der Waals surface area contributed by atoms with E-state index < -0.39 is 20.0 Å². The summed E-state index contributed by atoms with van der Waals surface area (Å²) in [5, 5.41) is 0. The largest absolute Gasteiger partial charge is 0.280 e. The van der Waals surface area contributed by atoms with Crippen LogP contribution >= 0.6 is 0 Å². The molecule has 0 radical (unpaired) electrons. The minimum absolute atomic E-state index is 0.0843. The molecule has 1 N–H and O–H groups in total. The molecule has 0 spiro atoms. The maximum absolute atomic E-state index is 13.0. The van der Waals surface area contributed by atoms with E-state index >= 15 is 0 Å². The van der Waals surface area contributed by atoms with Crippen LogP contribution in [0.4, 0.5) is 5.69 Å². The van der Waals surface area contributed by atoms with Gasteiger partial charge in [-0.2, -0.15) is 0 Å². The molecule has 0 heterocycles. The fraction of sp³-hybridized carbons (Fsp3) is 0.400. The maximum Gasteiger partial charge on any atom is 0.262 e. The van der Waals surface area contributed by atoms with Gasteiger partial charge in [0, 0.05) is 19.8 Å². The van der Waals surface area contributed by atoms with Gasteiger partial charge in [0.05, 0.1) is 9.79 Å². The predicted molar refractivity (Wildman–Crippen MR) is 113 cm³/mol. The zero-order chi connectivity index (χ0) is 21.5. The summed E-state index contributed by atoms with van der Waals surface area (Å²) in [7, 11) is -4.49. The minimum atomic E-state index is -3.81. The van der Waals surface area contributed by atoms with E-state index in [4.69, 9.17) is 0 Å². The molecule has 6 nitrogen and oxygen atoms in total. The Morgan fingerprint density at radius 1 is 0.857 bits per heavy atom. The fourth-order valence-electron chi connectivity index (χ4n) is 2.92. The Kier molecular flexibility index (Phi) is 5.99. The van der Waals surface area contributed by atoms with Crippen molar-refractivity contribution in [3.63, 3.8) is 0 Å². The molecule has 0 aliphatic heterocycles. The molecule has 0 fully saturated rings. The second-order valence-corrected chi connectivity index (χ2v) is 11.9. The smallest absolute Gasteiger partial charge is 0.262 e. The van der Waals surface area contributed by atoms with Crippen LogP contribution in [0.3, 0.4) is 0 Å². The van der Waals surface area contributed by atoms with Crippen molar-refractivity contribution in [2.75, 3.05) is 18.8 Å². The third-order valence-corrected chi connectivity index (χ3v) is 8.00. The number of aryl methyl sites for hydroxylation is 2. The quantitative estimate of drug-likeness (QED) is 0.794. The molecule has 2 aromatic carbocycles. The van der Waals surface area contributed by atoms with E-state index in [-0.39, 0.29) is 15.2 Å². The van der Waals surface area contributed by atoms with Crippen molar-refractivity contribution in [2.24, 2.45) is 0 Å². The van der Waals surface area contributed by atoms with Crippen LogP contribution in [0.2, 0.25) is 0 Å². The number of benzene rings is 2. The summed E-state index contributed by atoms with van der Waals surface area (Å²) in [5.41, 5.74) is 2.63. The van der Waals surface area contributed by atoms with Gasteiger partial charge in [0.1, 0.15) is 0 Å². The second kappa shape index (κ2) is 7.50. The number of nitrogens with one attached hydrogen (secondary N) is 1. The van der Waals surface area contributed by atoms with Gasteiger partial charge in [-0.05, 0) is 60.2 Å². The molecule has 2 aromatic rings. The molecule has 0 aromatic heterocycles. The van der Waals surface area contributed by atoms with Crippen LogP contribution in [0, 0.1) is 13.8 Å². The van der Waals surface area contributed by atoms with E-state index in [0.29, 0.717) is 16.8 Å². The average molecular weight is 425 g/mol. The third-order valence-electron chi connectivity index (χ3n) is 4.48. The molecule has 0 saturated carbocycles. The highest BCUT2D eigenvalue weighted by molar-refractivity contribution is 7.92. The van der Waals surface area contributed by atoms with E-state index in [1.54, 1.807) is 13.8 Å². The van der Waals surface area contributed by atoms with Crippen LogP contribution in [0.1, 0.15) is 37.5 Å². The SMILES string of the molecule is Cc1cc(C(C)(C)C)cc(C)c1S(=O)(=O)Nc1ccc(S(=O)(=O)N(C)C)cc1. The van der Waals surface area contributed by atoms with Gasteiger partial charge < -0.3 is 0 Å². The lowest BCUT2D eigenvalue weighted by Crippen LogP contribution is -2.22. The first-order valence-corrected chi connectivity index (χ1v) is 11.8. The molecule has 0 unspecified atom stereocenters. The monoisotopic (exact) mass is 424 g/mol. The van der Waals surface area contributed by atoms with E-state index in [0.717, 1.165) is 9.87 Å². The third kappa shape index (κ3) is 4.56. The molecule has 154 valence electrons. The Bertz CT molecular complexity index is 1060. The summed E-state index contributed by atoms with van der Waals surface area (Å²) in [5.74, 6) is 0. The lowest BCUT2D eigenvalue weighted by atomic mass is 9.85. The van der Waals surface area contributed by atoms with Crippen LogP contribution < -0.4 is 4.72 Å². The van der Waals surface area contributed by atoms with E-state index in [1.165, 1.54) is 38.4 Å². The molecule has 28 heavy (non-hydrogen) atoms. The second-order valence-electron chi connectivity index (χ2n) is 8.11. The molecule has 8 heteroatoms. The van der Waals surface area contributed by atoms with Crippen molar-refractivity contribution >= 4 is 25.7 Å². The summed E-state index contributed by atoms with van der Waals surface area (Å²) in [4.78, 5) is 0.341. The molecule has 0 bridgehead atoms. The Labute approximate surface area is 168 Å². The molecular weight excluding hydrogens is 396 g/mol. The van der Waals surface area contributed by atoms with Crippen LogP contribution in [0.15, 0.2) is 46.2 Å². The number of hydrogen-bond donors (Lipinski definition) is 1. The Morgan fingerprint density at radius 2 is 1.32 bits per heavy atom. The molecule has 0 aliphatic carbocycles. The minimum Gasteiger partial charge on any atom is -0.280 e. The van der Waals surface area contributed by atoms with Crippen molar-refractivity contribution in [3.05, 3.63) is 53.1 Å². The van der Waals surface area contributed by atoms with Gasteiger partial charge in [-0.15, -0.1) is 0 Å². The summed E-state index contributed by atoms with van der Waals surface area (Å²) < 4.78 is 53.8. The lowest BCUT2D eigenvalue weighted by Gasteiger charge is -2.22. The van der Waals surface area contributed by atoms with Crippen LogP contribution in [0.25, 0.3) is 0 Å². The van der Waals surface area contributed by atoms with E-state index in [9.17, 15) is 16.8 Å². The maximum atomic E-state index is 13.0. The first-order valence-electron chi connectivity index (χ1n) is 8.83. The predicted octanol–water partition coefficient (Wildman–Crippen LogP) is 3.65. The van der Waals surface area contributed by atoms with Gasteiger partial charge in [0.25, 0.3) is 10.0 Å². The van der Waals surface area contributed by atoms with Crippen LogP contribution in [0.5, 0.6) is 0 Å². The van der Waals surface area contributed by atoms with Crippen LogP contribution in [-0.4, -0.2) is 35.2 Å². The van der Waals surface area contributed by atoms with Gasteiger partial charge in [-0.3, -0.25) is 4.72 Å². The molecule has 0 saturated heterocycles. The molecule has 2 rings (SSSR count). The molecular formula is C20H28N2O4S2. The van der Waals surface area contributed by atoms with Gasteiger partial charge in [-0.1, -0.05) is 32.9 Å². The number of rotatable bonds is 5. The van der Waals surface area contributed by atoms with E-state index in [1.807, 2.05) is 12.1 Å². The number of anilines is 1. The Balaban J connectivity index is 2.40. The molecule has 0 atom stereocenters. The van der Waals surface area contributed by atoms with Crippen molar-refractivity contribution in [2.45, 2.75) is 49.8 Å². The number of sulfonamides is 2. The first kappa shape index (κ1) is 22.4. The molecule has 0 aliphatic rings. The van der Waals surface area contributed by atoms with Gasteiger partial charge in [0.15, 0.2) is 0 Å². The number of hydrogen-bond acceptors (Lipinski definition) is 4. The van der Waals surface area contributed by atoms with Crippen LogP contribution in [-0.2, 0) is 25.5 Å². The normalized spacial score (nSPS) is 13.0. The first-order chi connectivity index (χ1) is 12.7. The summed E-state index contributed by atoms with van der Waals surface area (Å²) in [6.07, 6.45) is 0. The van der Waals surface area contributed by atoms with Crippen molar-refractivity contribution in [1.29, 1.82) is 0 Å². The fourth-order valence-corrected chi connectivity index (χ4v) is 5.33. The summed E-state index contributed by atoms with van der Waals surface area (Å²) in [6.45, 7) is 9.80. The summed E-state index contributed by atoms with van der Waals surface area (Å²) in [6, 6.07) is 9.46. The highest BCUT2D eigenvalue weighted by atomic mass is 32.2. The van der Waals surface area contributed by atoms with Gasteiger partial charge in [-0.25, -0.2) is 21.1 Å². The highest BCUT2D eigenvalue weighted by Crippen LogP contribution is 2.30. The zero-order valence-corrected chi connectivity index (χ0v) is 19.0. The standard InChI is InChI=1S/C20H28N2O4S2/c1-14-12-16(20(3,4)5)13-15(2)19(14)27(23,24)21-17-8-10-18(11-9-17)28(25,26)22(6)7/h8-13,21H,1-7H3.